The zero-order valence-electron chi connectivity index (χ0n) is 12.9. The molecule has 116 valence electrons. The first-order chi connectivity index (χ1) is 10.2. The maximum absolute atomic E-state index is 12.5. The van der Waals surface area contributed by atoms with E-state index in [1.807, 2.05) is 4.90 Å². The van der Waals surface area contributed by atoms with Crippen molar-refractivity contribution in [3.8, 4) is 0 Å². The summed E-state index contributed by atoms with van der Waals surface area (Å²) in [7, 11) is 0. The zero-order chi connectivity index (χ0) is 15.2. The van der Waals surface area contributed by atoms with Crippen LogP contribution in [0.1, 0.15) is 43.5 Å². The molecule has 2 atom stereocenters. The molecule has 0 aromatic carbocycles. The van der Waals surface area contributed by atoms with Gasteiger partial charge in [-0.1, -0.05) is 20.3 Å². The number of aromatic nitrogens is 1. The van der Waals surface area contributed by atoms with Crippen LogP contribution in [0.25, 0.3) is 0 Å². The van der Waals surface area contributed by atoms with Gasteiger partial charge in [0.1, 0.15) is 5.56 Å². The molecule has 1 fully saturated rings. The average molecular weight is 291 g/mol. The third-order valence-electron chi connectivity index (χ3n) is 4.26. The molecule has 0 radical (unpaired) electrons. The van der Waals surface area contributed by atoms with E-state index in [-0.39, 0.29) is 16.9 Å². The Kier molecular flexibility index (Phi) is 5.56. The number of carbonyl (C=O) groups is 1. The molecule has 0 aliphatic carbocycles. The molecule has 2 rings (SSSR count). The van der Waals surface area contributed by atoms with Crippen LogP contribution in [0.5, 0.6) is 0 Å². The predicted molar refractivity (Wildman–Crippen MR) is 83.4 cm³/mol. The minimum Gasteiger partial charge on any atom is -0.367 e. The largest absolute Gasteiger partial charge is 0.367 e. The standard InChI is InChI=1S/C16H25N3O2/c1-3-7-18-14-6-9-19(11-12(14)4-2)16(21)13-10-17-8-5-15(13)20/h5,8,10,12,14,18H,3-4,6-7,9,11H2,1-2H3,(H,17,20). The monoisotopic (exact) mass is 291 g/mol. The summed E-state index contributed by atoms with van der Waals surface area (Å²) in [5.74, 6) is 0.307. The molecule has 1 saturated heterocycles. The Labute approximate surface area is 125 Å². The van der Waals surface area contributed by atoms with E-state index in [1.54, 1.807) is 6.20 Å². The summed E-state index contributed by atoms with van der Waals surface area (Å²) in [5, 5.41) is 3.58. The third-order valence-corrected chi connectivity index (χ3v) is 4.26. The van der Waals surface area contributed by atoms with E-state index in [4.69, 9.17) is 0 Å². The summed E-state index contributed by atoms with van der Waals surface area (Å²) in [6.07, 6.45) is 6.17. The molecule has 2 unspecified atom stereocenters. The Hall–Kier alpha value is -1.62. The van der Waals surface area contributed by atoms with Gasteiger partial charge in [0.15, 0.2) is 5.43 Å². The number of piperidine rings is 1. The first kappa shape index (κ1) is 15.8. The Bertz CT molecular complexity index is 526. The summed E-state index contributed by atoms with van der Waals surface area (Å²) in [4.78, 5) is 28.9. The number of hydrogen-bond donors (Lipinski definition) is 2. The average Bonchev–Trinajstić information content (AvgIpc) is 2.52. The Morgan fingerprint density at radius 1 is 1.48 bits per heavy atom. The van der Waals surface area contributed by atoms with E-state index in [9.17, 15) is 9.59 Å². The van der Waals surface area contributed by atoms with Crippen LogP contribution in [0.15, 0.2) is 23.3 Å². The van der Waals surface area contributed by atoms with Gasteiger partial charge in [0.25, 0.3) is 5.91 Å². The first-order valence-corrected chi connectivity index (χ1v) is 7.87. The van der Waals surface area contributed by atoms with Gasteiger partial charge >= 0.3 is 0 Å². The molecule has 0 bridgehead atoms. The lowest BCUT2D eigenvalue weighted by Gasteiger charge is -2.38. The van der Waals surface area contributed by atoms with Gasteiger partial charge in [0, 0.05) is 37.6 Å². The lowest BCUT2D eigenvalue weighted by Crippen LogP contribution is -2.51. The maximum Gasteiger partial charge on any atom is 0.259 e. The van der Waals surface area contributed by atoms with Crippen LogP contribution in [0.3, 0.4) is 0 Å². The van der Waals surface area contributed by atoms with Gasteiger partial charge in [-0.05, 0) is 25.3 Å². The first-order valence-electron chi connectivity index (χ1n) is 7.87. The van der Waals surface area contributed by atoms with E-state index >= 15 is 0 Å². The third kappa shape index (κ3) is 3.73. The summed E-state index contributed by atoms with van der Waals surface area (Å²) >= 11 is 0. The van der Waals surface area contributed by atoms with Crippen molar-refractivity contribution in [2.45, 2.75) is 39.2 Å². The second-order valence-corrected chi connectivity index (χ2v) is 5.69. The molecular weight excluding hydrogens is 266 g/mol. The Morgan fingerprint density at radius 2 is 2.29 bits per heavy atom. The van der Waals surface area contributed by atoms with Crippen LogP contribution in [-0.4, -0.2) is 41.5 Å². The van der Waals surface area contributed by atoms with Gasteiger partial charge in [-0.15, -0.1) is 0 Å². The van der Waals surface area contributed by atoms with Crippen LogP contribution in [0, 0.1) is 5.92 Å². The summed E-state index contributed by atoms with van der Waals surface area (Å²) in [6, 6.07) is 1.88. The predicted octanol–water partition coefficient (Wildman–Crippen LogP) is 1.62. The number of likely N-dealkylation sites (tertiary alicyclic amines) is 1. The number of amides is 1. The highest BCUT2D eigenvalue weighted by atomic mass is 16.2. The number of pyridine rings is 1. The second kappa shape index (κ2) is 7.41. The minimum atomic E-state index is -0.210. The van der Waals surface area contributed by atoms with Crippen molar-refractivity contribution in [1.82, 2.24) is 15.2 Å². The molecule has 21 heavy (non-hydrogen) atoms. The summed E-state index contributed by atoms with van der Waals surface area (Å²) in [5.41, 5.74) is 0.0327. The molecule has 1 amide bonds. The highest BCUT2D eigenvalue weighted by molar-refractivity contribution is 5.93. The Morgan fingerprint density at radius 3 is 2.95 bits per heavy atom. The summed E-state index contributed by atoms with van der Waals surface area (Å²) < 4.78 is 0. The number of carbonyl (C=O) groups excluding carboxylic acids is 1. The van der Waals surface area contributed by atoms with Crippen LogP contribution in [0.4, 0.5) is 0 Å². The highest BCUT2D eigenvalue weighted by Gasteiger charge is 2.30. The number of nitrogens with one attached hydrogen (secondary N) is 2. The molecule has 1 aromatic heterocycles. The minimum absolute atomic E-state index is 0.149. The van der Waals surface area contributed by atoms with Crippen LogP contribution in [-0.2, 0) is 0 Å². The van der Waals surface area contributed by atoms with Crippen LogP contribution >= 0.6 is 0 Å². The number of H-pyrrole nitrogens is 1. The molecule has 0 spiro atoms. The second-order valence-electron chi connectivity index (χ2n) is 5.69. The number of aromatic amines is 1. The van der Waals surface area contributed by atoms with Crippen molar-refractivity contribution in [3.05, 3.63) is 34.2 Å². The van der Waals surface area contributed by atoms with Crippen molar-refractivity contribution in [2.24, 2.45) is 5.92 Å². The number of rotatable bonds is 5. The normalized spacial score (nSPS) is 22.3. The van der Waals surface area contributed by atoms with E-state index in [1.165, 1.54) is 12.3 Å². The van der Waals surface area contributed by atoms with Gasteiger partial charge in [-0.25, -0.2) is 0 Å². The molecule has 5 heteroatoms. The topological polar surface area (TPSA) is 65.2 Å². The molecule has 1 aliphatic heterocycles. The number of nitrogens with zero attached hydrogens (tertiary/aromatic N) is 1. The molecule has 5 nitrogen and oxygen atoms in total. The van der Waals surface area contributed by atoms with Crippen molar-refractivity contribution < 1.29 is 4.79 Å². The van der Waals surface area contributed by atoms with Crippen molar-refractivity contribution in [1.29, 1.82) is 0 Å². The maximum atomic E-state index is 12.5. The lowest BCUT2D eigenvalue weighted by atomic mass is 9.89. The van der Waals surface area contributed by atoms with E-state index in [0.717, 1.165) is 32.4 Å². The van der Waals surface area contributed by atoms with Gasteiger partial charge in [0.05, 0.1) is 0 Å². The van der Waals surface area contributed by atoms with Crippen molar-refractivity contribution in [3.63, 3.8) is 0 Å². The SMILES string of the molecule is CCCNC1CCN(C(=O)c2c[nH]ccc2=O)CC1CC. The fourth-order valence-electron chi connectivity index (χ4n) is 2.98. The fourth-order valence-corrected chi connectivity index (χ4v) is 2.98. The lowest BCUT2D eigenvalue weighted by molar-refractivity contribution is 0.0625. The molecular formula is C16H25N3O2. The van der Waals surface area contributed by atoms with E-state index < -0.39 is 0 Å². The zero-order valence-corrected chi connectivity index (χ0v) is 12.9. The van der Waals surface area contributed by atoms with Gasteiger partial charge in [-0.2, -0.15) is 0 Å². The molecule has 1 aliphatic rings. The number of hydrogen-bond acceptors (Lipinski definition) is 3. The molecule has 1 aromatic rings. The smallest absolute Gasteiger partial charge is 0.259 e. The molecule has 2 N–H and O–H groups in total. The quantitative estimate of drug-likeness (QED) is 0.866. The van der Waals surface area contributed by atoms with Crippen molar-refractivity contribution in [2.75, 3.05) is 19.6 Å². The van der Waals surface area contributed by atoms with Gasteiger partial charge in [-0.3, -0.25) is 9.59 Å². The van der Waals surface area contributed by atoms with Crippen LogP contribution in [0.2, 0.25) is 0 Å². The Balaban J connectivity index is 2.05. The van der Waals surface area contributed by atoms with Crippen LogP contribution < -0.4 is 10.7 Å². The molecule has 2 heterocycles. The highest BCUT2D eigenvalue weighted by Crippen LogP contribution is 2.21. The van der Waals surface area contributed by atoms with E-state index in [0.29, 0.717) is 18.5 Å². The van der Waals surface area contributed by atoms with Gasteiger partial charge < -0.3 is 15.2 Å². The van der Waals surface area contributed by atoms with Crippen molar-refractivity contribution >= 4 is 5.91 Å². The van der Waals surface area contributed by atoms with Gasteiger partial charge in [0.2, 0.25) is 0 Å². The summed E-state index contributed by atoms with van der Waals surface area (Å²) in [6.45, 7) is 6.78. The molecule has 0 saturated carbocycles. The van der Waals surface area contributed by atoms with E-state index in [2.05, 4.69) is 24.1 Å². The fraction of sp³-hybridized carbons (Fsp3) is 0.625.